The van der Waals surface area contributed by atoms with E-state index < -0.39 is 12.1 Å². The van der Waals surface area contributed by atoms with Gasteiger partial charge in [-0.3, -0.25) is 4.79 Å². The fourth-order valence-electron chi connectivity index (χ4n) is 2.37. The van der Waals surface area contributed by atoms with Crippen LogP contribution in [-0.2, 0) is 4.79 Å². The molecule has 1 aromatic heterocycles. The van der Waals surface area contributed by atoms with Crippen LogP contribution in [0.4, 0.5) is 4.79 Å². The molecule has 0 saturated carbocycles. The van der Waals surface area contributed by atoms with Gasteiger partial charge in [0.2, 0.25) is 0 Å². The second-order valence-corrected chi connectivity index (χ2v) is 5.82. The number of aliphatic carboxylic acids is 1. The van der Waals surface area contributed by atoms with Gasteiger partial charge in [-0.1, -0.05) is 6.07 Å². The molecule has 0 radical (unpaired) electrons. The lowest BCUT2D eigenvalue weighted by molar-refractivity contribution is -0.135. The van der Waals surface area contributed by atoms with Crippen LogP contribution in [0.2, 0.25) is 0 Å². The number of urea groups is 1. The SMILES string of the molecule is O=C(O)CNC(=O)N1CCC(C(O)c2cccs2)CC1. The summed E-state index contributed by atoms with van der Waals surface area (Å²) in [4.78, 5) is 24.6. The summed E-state index contributed by atoms with van der Waals surface area (Å²) in [5, 5.41) is 23.1. The van der Waals surface area contributed by atoms with Gasteiger partial charge in [0, 0.05) is 18.0 Å². The molecule has 1 aliphatic heterocycles. The zero-order valence-corrected chi connectivity index (χ0v) is 11.8. The minimum absolute atomic E-state index is 0.150. The molecule has 0 aliphatic carbocycles. The maximum atomic E-state index is 11.7. The topological polar surface area (TPSA) is 89.9 Å². The van der Waals surface area contributed by atoms with Crippen molar-refractivity contribution < 1.29 is 19.8 Å². The van der Waals surface area contributed by atoms with E-state index >= 15 is 0 Å². The molecule has 2 amide bonds. The van der Waals surface area contributed by atoms with Crippen molar-refractivity contribution in [3.8, 4) is 0 Å². The molecular formula is C13H18N2O4S. The highest BCUT2D eigenvalue weighted by molar-refractivity contribution is 7.10. The summed E-state index contributed by atoms with van der Waals surface area (Å²) < 4.78 is 0. The molecule has 0 bridgehead atoms. The van der Waals surface area contributed by atoms with Crippen LogP contribution in [0.1, 0.15) is 23.8 Å². The van der Waals surface area contributed by atoms with Gasteiger partial charge in [0.05, 0.1) is 6.10 Å². The molecule has 6 nitrogen and oxygen atoms in total. The maximum Gasteiger partial charge on any atom is 0.323 e. The van der Waals surface area contributed by atoms with Crippen LogP contribution in [0, 0.1) is 5.92 Å². The van der Waals surface area contributed by atoms with Crippen molar-refractivity contribution >= 4 is 23.3 Å². The molecule has 0 spiro atoms. The molecule has 1 saturated heterocycles. The first kappa shape index (κ1) is 14.8. The van der Waals surface area contributed by atoms with Crippen molar-refractivity contribution in [3.05, 3.63) is 22.4 Å². The van der Waals surface area contributed by atoms with Crippen LogP contribution in [0.25, 0.3) is 0 Å². The monoisotopic (exact) mass is 298 g/mol. The average Bonchev–Trinajstić information content (AvgIpc) is 2.98. The van der Waals surface area contributed by atoms with Crippen molar-refractivity contribution in [3.63, 3.8) is 0 Å². The molecule has 110 valence electrons. The summed E-state index contributed by atoms with van der Waals surface area (Å²) >= 11 is 1.53. The quantitative estimate of drug-likeness (QED) is 0.781. The van der Waals surface area contributed by atoms with Gasteiger partial charge in [-0.05, 0) is 30.2 Å². The van der Waals surface area contributed by atoms with E-state index in [2.05, 4.69) is 5.32 Å². The van der Waals surface area contributed by atoms with Gasteiger partial charge in [0.25, 0.3) is 0 Å². The second kappa shape index (κ2) is 6.71. The maximum absolute atomic E-state index is 11.7. The zero-order valence-electron chi connectivity index (χ0n) is 11.0. The molecule has 3 N–H and O–H groups in total. The number of nitrogens with zero attached hydrogens (tertiary/aromatic N) is 1. The molecule has 2 heterocycles. The van der Waals surface area contributed by atoms with E-state index in [4.69, 9.17) is 5.11 Å². The Balaban J connectivity index is 1.80. The molecule has 0 aromatic carbocycles. The summed E-state index contributed by atoms with van der Waals surface area (Å²) in [7, 11) is 0. The number of carbonyl (C=O) groups is 2. The van der Waals surface area contributed by atoms with Crippen molar-refractivity contribution in [1.29, 1.82) is 0 Å². The lowest BCUT2D eigenvalue weighted by Gasteiger charge is -2.33. The van der Waals surface area contributed by atoms with Gasteiger partial charge in [0.1, 0.15) is 6.54 Å². The van der Waals surface area contributed by atoms with Crippen LogP contribution in [-0.4, -0.2) is 46.7 Å². The first-order valence-electron chi connectivity index (χ1n) is 6.54. The van der Waals surface area contributed by atoms with Gasteiger partial charge < -0.3 is 20.4 Å². The summed E-state index contributed by atoms with van der Waals surface area (Å²) in [6.45, 7) is 0.716. The number of likely N-dealkylation sites (tertiary alicyclic amines) is 1. The number of aliphatic hydroxyl groups excluding tert-OH is 1. The number of rotatable bonds is 4. The van der Waals surface area contributed by atoms with E-state index in [0.717, 1.165) is 17.7 Å². The third-order valence-electron chi connectivity index (χ3n) is 3.50. The van der Waals surface area contributed by atoms with Gasteiger partial charge >= 0.3 is 12.0 Å². The van der Waals surface area contributed by atoms with Crippen LogP contribution < -0.4 is 5.32 Å². The minimum Gasteiger partial charge on any atom is -0.480 e. The van der Waals surface area contributed by atoms with Crippen molar-refractivity contribution in [1.82, 2.24) is 10.2 Å². The number of carbonyl (C=O) groups excluding carboxylic acids is 1. The Morgan fingerprint density at radius 1 is 1.45 bits per heavy atom. The number of carboxylic acid groups (broad SMARTS) is 1. The van der Waals surface area contributed by atoms with Crippen molar-refractivity contribution in [2.24, 2.45) is 5.92 Å². The number of aliphatic hydroxyl groups is 1. The molecule has 2 rings (SSSR count). The Labute approximate surface area is 121 Å². The summed E-state index contributed by atoms with van der Waals surface area (Å²) in [5.41, 5.74) is 0. The Bertz CT molecular complexity index is 455. The molecular weight excluding hydrogens is 280 g/mol. The van der Waals surface area contributed by atoms with Crippen molar-refractivity contribution in [2.75, 3.05) is 19.6 Å². The molecule has 20 heavy (non-hydrogen) atoms. The van der Waals surface area contributed by atoms with Gasteiger partial charge in [-0.25, -0.2) is 4.79 Å². The van der Waals surface area contributed by atoms with Crippen LogP contribution in [0.5, 0.6) is 0 Å². The zero-order chi connectivity index (χ0) is 14.5. The number of hydrogen-bond donors (Lipinski definition) is 3. The number of thiophene rings is 1. The standard InChI is InChI=1S/C13H18N2O4S/c16-11(17)8-14-13(19)15-5-3-9(4-6-15)12(18)10-2-1-7-20-10/h1-2,7,9,12,18H,3-6,8H2,(H,14,19)(H,16,17). The fraction of sp³-hybridized carbons (Fsp3) is 0.538. The first-order chi connectivity index (χ1) is 9.58. The van der Waals surface area contributed by atoms with Crippen LogP contribution in [0.3, 0.4) is 0 Å². The van der Waals surface area contributed by atoms with E-state index in [1.54, 1.807) is 4.90 Å². The smallest absolute Gasteiger partial charge is 0.323 e. The highest BCUT2D eigenvalue weighted by atomic mass is 32.1. The predicted molar refractivity (Wildman–Crippen MR) is 74.6 cm³/mol. The fourth-order valence-corrected chi connectivity index (χ4v) is 3.18. The summed E-state index contributed by atoms with van der Waals surface area (Å²) in [6.07, 6.45) is 0.971. The lowest BCUT2D eigenvalue weighted by Crippen LogP contribution is -2.46. The van der Waals surface area contributed by atoms with Gasteiger partial charge in [-0.2, -0.15) is 0 Å². The number of nitrogens with one attached hydrogen (secondary N) is 1. The van der Waals surface area contributed by atoms with E-state index in [1.165, 1.54) is 11.3 Å². The first-order valence-corrected chi connectivity index (χ1v) is 7.42. The lowest BCUT2D eigenvalue weighted by atomic mass is 9.90. The Morgan fingerprint density at radius 2 is 2.15 bits per heavy atom. The molecule has 1 aliphatic rings. The molecule has 1 aromatic rings. The Hall–Kier alpha value is -1.60. The molecule has 7 heteroatoms. The molecule has 1 fully saturated rings. The van der Waals surface area contributed by atoms with E-state index in [-0.39, 0.29) is 18.5 Å². The Morgan fingerprint density at radius 3 is 2.70 bits per heavy atom. The predicted octanol–water partition coefficient (Wildman–Crippen LogP) is 1.29. The number of hydrogen-bond acceptors (Lipinski definition) is 4. The molecule has 1 unspecified atom stereocenters. The highest BCUT2D eigenvalue weighted by Crippen LogP contribution is 2.32. The number of amides is 2. The van der Waals surface area contributed by atoms with Gasteiger partial charge in [-0.15, -0.1) is 11.3 Å². The van der Waals surface area contributed by atoms with Gasteiger partial charge in [0.15, 0.2) is 0 Å². The number of carboxylic acids is 1. The third-order valence-corrected chi connectivity index (χ3v) is 4.44. The highest BCUT2D eigenvalue weighted by Gasteiger charge is 2.28. The number of piperidine rings is 1. The van der Waals surface area contributed by atoms with E-state index in [1.807, 2.05) is 17.5 Å². The van der Waals surface area contributed by atoms with E-state index in [9.17, 15) is 14.7 Å². The molecule has 1 atom stereocenters. The third kappa shape index (κ3) is 3.71. The van der Waals surface area contributed by atoms with E-state index in [0.29, 0.717) is 13.1 Å². The second-order valence-electron chi connectivity index (χ2n) is 4.84. The Kier molecular flexibility index (Phi) is 4.97. The largest absolute Gasteiger partial charge is 0.480 e. The van der Waals surface area contributed by atoms with Crippen LogP contribution in [0.15, 0.2) is 17.5 Å². The normalized spacial score (nSPS) is 17.8. The minimum atomic E-state index is -1.05. The summed E-state index contributed by atoms with van der Waals surface area (Å²) in [6, 6.07) is 3.48. The average molecular weight is 298 g/mol. The van der Waals surface area contributed by atoms with Crippen molar-refractivity contribution in [2.45, 2.75) is 18.9 Å². The summed E-state index contributed by atoms with van der Waals surface area (Å²) in [5.74, 6) is -0.904. The van der Waals surface area contributed by atoms with Crippen LogP contribution >= 0.6 is 11.3 Å².